The van der Waals surface area contributed by atoms with Crippen LogP contribution >= 0.6 is 0 Å². The molecule has 3 heterocycles. The van der Waals surface area contributed by atoms with E-state index in [2.05, 4.69) is 77.0 Å². The van der Waals surface area contributed by atoms with Crippen LogP contribution in [0.2, 0.25) is 0 Å². The zero-order valence-electron chi connectivity index (χ0n) is 22.5. The number of benzene rings is 2. The Labute approximate surface area is 209 Å². The van der Waals surface area contributed by atoms with Crippen molar-refractivity contribution in [1.82, 2.24) is 19.9 Å². The van der Waals surface area contributed by atoms with Gasteiger partial charge in [0.15, 0.2) is 0 Å². The van der Waals surface area contributed by atoms with Gasteiger partial charge in [-0.25, -0.2) is 15.0 Å². The molecule has 0 atom stereocenters. The Morgan fingerprint density at radius 3 is 2.37 bits per heavy atom. The van der Waals surface area contributed by atoms with Crippen LogP contribution in [-0.2, 0) is 13.0 Å². The molecule has 2 aromatic heterocycles. The number of hydrogen-bond donors (Lipinski definition) is 1. The van der Waals surface area contributed by atoms with Crippen molar-refractivity contribution in [2.45, 2.75) is 68.4 Å². The average Bonchev–Trinajstić information content (AvgIpc) is 3.13. The highest BCUT2D eigenvalue weighted by molar-refractivity contribution is 5.82. The maximum absolute atomic E-state index is 6.09. The number of ether oxygens (including phenoxy) is 1. The van der Waals surface area contributed by atoms with Crippen LogP contribution in [0.4, 0.5) is 5.82 Å². The number of nitrogens with one attached hydrogen (secondary N) is 1. The van der Waals surface area contributed by atoms with Gasteiger partial charge in [0.1, 0.15) is 29.8 Å². The van der Waals surface area contributed by atoms with Crippen molar-refractivity contribution in [3.63, 3.8) is 0 Å². The van der Waals surface area contributed by atoms with Crippen LogP contribution in [0.3, 0.4) is 0 Å². The van der Waals surface area contributed by atoms with Crippen LogP contribution in [0.1, 0.15) is 63.1 Å². The van der Waals surface area contributed by atoms with Gasteiger partial charge in [-0.1, -0.05) is 46.8 Å². The topological polar surface area (TPSA) is 66.9 Å². The summed E-state index contributed by atoms with van der Waals surface area (Å²) in [6.07, 6.45) is 0.828. The maximum Gasteiger partial charge on any atom is 0.135 e. The Hall–Kier alpha value is -3.41. The van der Waals surface area contributed by atoms with E-state index in [-0.39, 0.29) is 0 Å². The molecule has 0 aliphatic carbocycles. The molecule has 6 nitrogen and oxygen atoms in total. The molecule has 35 heavy (non-hydrogen) atoms. The molecule has 186 valence electrons. The number of anilines is 1. The molecule has 0 fully saturated rings. The highest BCUT2D eigenvalue weighted by Gasteiger charge is 2.20. The van der Waals surface area contributed by atoms with E-state index >= 15 is 0 Å². The molecule has 0 amide bonds. The van der Waals surface area contributed by atoms with E-state index in [1.165, 1.54) is 11.1 Å². The van der Waals surface area contributed by atoms with E-state index < -0.39 is 0 Å². The molecule has 0 spiro atoms. The van der Waals surface area contributed by atoms with Gasteiger partial charge < -0.3 is 14.6 Å². The Morgan fingerprint density at radius 2 is 1.63 bits per heavy atom. The van der Waals surface area contributed by atoms with E-state index in [1.54, 1.807) is 0 Å². The number of imidazole rings is 1. The van der Waals surface area contributed by atoms with Crippen LogP contribution in [0.25, 0.3) is 22.2 Å². The standard InChI is InChI=1S/C25H27N5O.2C2H6/c1-5-24-26-16(3)15(2)25(29-24)30-10-11-31-23-9-7-18(12-20(23)14-30)19-6-8-21-22(13-19)28-17(4)27-21;2*1-2/h6-9,12-13H,5,10-11,14H2,1-4H3,(H,27,28);2*1-2H3. The van der Waals surface area contributed by atoms with Crippen LogP contribution in [-0.4, -0.2) is 33.1 Å². The predicted molar refractivity (Wildman–Crippen MR) is 146 cm³/mol. The number of H-pyrrole nitrogens is 1. The number of fused-ring (bicyclic) bond motifs is 2. The average molecular weight is 474 g/mol. The van der Waals surface area contributed by atoms with Crippen molar-refractivity contribution >= 4 is 16.9 Å². The minimum absolute atomic E-state index is 0.635. The number of aryl methyl sites for hydroxylation is 3. The molecule has 0 unspecified atom stereocenters. The van der Waals surface area contributed by atoms with Gasteiger partial charge >= 0.3 is 0 Å². The van der Waals surface area contributed by atoms with Crippen LogP contribution in [0.15, 0.2) is 36.4 Å². The van der Waals surface area contributed by atoms with Crippen LogP contribution < -0.4 is 9.64 Å². The zero-order chi connectivity index (χ0) is 25.5. The Bertz CT molecular complexity index is 1280. The molecule has 5 rings (SSSR count). The highest BCUT2D eigenvalue weighted by atomic mass is 16.5. The molecule has 1 aliphatic heterocycles. The van der Waals surface area contributed by atoms with E-state index in [1.807, 2.05) is 34.6 Å². The first kappa shape index (κ1) is 26.2. The molecular formula is C29H39N5O. The van der Waals surface area contributed by atoms with Crippen molar-refractivity contribution in [2.75, 3.05) is 18.1 Å². The summed E-state index contributed by atoms with van der Waals surface area (Å²) in [6.45, 7) is 18.4. The lowest BCUT2D eigenvalue weighted by molar-refractivity contribution is 0.331. The molecule has 0 bridgehead atoms. The second-order valence-corrected chi connectivity index (χ2v) is 8.17. The third-order valence-corrected chi connectivity index (χ3v) is 6.00. The zero-order valence-corrected chi connectivity index (χ0v) is 22.5. The van der Waals surface area contributed by atoms with Gasteiger partial charge in [0.05, 0.1) is 17.6 Å². The summed E-state index contributed by atoms with van der Waals surface area (Å²) in [5.41, 5.74) is 7.74. The SMILES string of the molecule is CC.CC.CCc1nc(C)c(C)c(N2CCOc3ccc(-c4ccc5nc(C)[nH]c5c4)cc3C2)n1. The highest BCUT2D eigenvalue weighted by Crippen LogP contribution is 2.32. The molecular weight excluding hydrogens is 434 g/mol. The molecule has 0 saturated heterocycles. The van der Waals surface area contributed by atoms with Gasteiger partial charge in [0, 0.05) is 29.8 Å². The van der Waals surface area contributed by atoms with Crippen LogP contribution in [0, 0.1) is 20.8 Å². The normalized spacial score (nSPS) is 12.5. The Kier molecular flexibility index (Phi) is 8.85. The Balaban J connectivity index is 0.000000815. The van der Waals surface area contributed by atoms with Crippen LogP contribution in [0.5, 0.6) is 5.75 Å². The molecule has 1 N–H and O–H groups in total. The molecule has 0 saturated carbocycles. The second kappa shape index (κ2) is 11.8. The summed E-state index contributed by atoms with van der Waals surface area (Å²) < 4.78 is 6.09. The first-order valence-corrected chi connectivity index (χ1v) is 12.8. The van der Waals surface area contributed by atoms with E-state index in [0.29, 0.717) is 6.61 Å². The van der Waals surface area contributed by atoms with Gasteiger partial charge in [-0.2, -0.15) is 0 Å². The number of rotatable bonds is 3. The minimum atomic E-state index is 0.635. The first-order valence-electron chi connectivity index (χ1n) is 12.8. The van der Waals surface area contributed by atoms with Gasteiger partial charge in [-0.05, 0) is 56.2 Å². The Morgan fingerprint density at radius 1 is 0.914 bits per heavy atom. The lowest BCUT2D eigenvalue weighted by atomic mass is 10.0. The van der Waals surface area contributed by atoms with E-state index in [4.69, 9.17) is 9.72 Å². The van der Waals surface area contributed by atoms with Crippen molar-refractivity contribution in [3.8, 4) is 16.9 Å². The molecule has 1 aliphatic rings. The lowest BCUT2D eigenvalue weighted by Gasteiger charge is -2.24. The third-order valence-electron chi connectivity index (χ3n) is 6.00. The van der Waals surface area contributed by atoms with Gasteiger partial charge in [-0.3, -0.25) is 0 Å². The van der Waals surface area contributed by atoms with Gasteiger partial charge in [-0.15, -0.1) is 0 Å². The monoisotopic (exact) mass is 473 g/mol. The molecule has 6 heteroatoms. The lowest BCUT2D eigenvalue weighted by Crippen LogP contribution is -2.28. The third kappa shape index (κ3) is 5.64. The van der Waals surface area contributed by atoms with Crippen molar-refractivity contribution in [3.05, 3.63) is 64.9 Å². The number of hydrogen-bond acceptors (Lipinski definition) is 5. The summed E-state index contributed by atoms with van der Waals surface area (Å²) in [5, 5.41) is 0. The number of aromatic amines is 1. The fraction of sp³-hybridized carbons (Fsp3) is 0.414. The van der Waals surface area contributed by atoms with E-state index in [0.717, 1.165) is 70.6 Å². The second-order valence-electron chi connectivity index (χ2n) is 8.17. The fourth-order valence-corrected chi connectivity index (χ4v) is 4.21. The fourth-order valence-electron chi connectivity index (χ4n) is 4.21. The number of nitrogens with zero attached hydrogens (tertiary/aromatic N) is 4. The first-order chi connectivity index (χ1) is 17.0. The largest absolute Gasteiger partial charge is 0.491 e. The maximum atomic E-state index is 6.09. The smallest absolute Gasteiger partial charge is 0.135 e. The minimum Gasteiger partial charge on any atom is -0.491 e. The molecule has 4 aromatic rings. The van der Waals surface area contributed by atoms with Crippen molar-refractivity contribution < 1.29 is 4.74 Å². The molecule has 2 aromatic carbocycles. The summed E-state index contributed by atoms with van der Waals surface area (Å²) in [4.78, 5) is 19.6. The van der Waals surface area contributed by atoms with Gasteiger partial charge in [0.25, 0.3) is 0 Å². The summed E-state index contributed by atoms with van der Waals surface area (Å²) in [5.74, 6) is 3.78. The summed E-state index contributed by atoms with van der Waals surface area (Å²) in [6, 6.07) is 12.8. The predicted octanol–water partition coefficient (Wildman–Crippen LogP) is 6.96. The molecule has 0 radical (unpaired) electrons. The number of aromatic nitrogens is 4. The quantitative estimate of drug-likeness (QED) is 0.348. The van der Waals surface area contributed by atoms with E-state index in [9.17, 15) is 0 Å². The summed E-state index contributed by atoms with van der Waals surface area (Å²) in [7, 11) is 0. The summed E-state index contributed by atoms with van der Waals surface area (Å²) >= 11 is 0. The van der Waals surface area contributed by atoms with Crippen molar-refractivity contribution in [1.29, 1.82) is 0 Å². The van der Waals surface area contributed by atoms with Crippen molar-refractivity contribution in [2.24, 2.45) is 0 Å². The van der Waals surface area contributed by atoms with Gasteiger partial charge in [0.2, 0.25) is 0 Å².